The molecule has 0 aromatic heterocycles. The van der Waals surface area contributed by atoms with E-state index in [0.29, 0.717) is 43.7 Å². The number of benzene rings is 1. The monoisotopic (exact) mass is 419 g/mol. The van der Waals surface area contributed by atoms with Crippen molar-refractivity contribution >= 4 is 27.1 Å². The zero-order valence-corrected chi connectivity index (χ0v) is 17.2. The molecule has 1 heterocycles. The van der Waals surface area contributed by atoms with Gasteiger partial charge < -0.3 is 9.80 Å². The first-order valence-electron chi connectivity index (χ1n) is 10.3. The fourth-order valence-corrected chi connectivity index (χ4v) is 6.82. The number of nitro benzene ring substituents is 1. The van der Waals surface area contributed by atoms with E-state index < -0.39 is 14.8 Å². The molecule has 1 aliphatic heterocycles. The molecule has 156 valence electrons. The number of rotatable bonds is 4. The number of hydrogen-bond donors (Lipinski definition) is 0. The minimum absolute atomic E-state index is 0.0586. The van der Waals surface area contributed by atoms with Crippen LogP contribution in [0.4, 0.5) is 11.4 Å². The molecule has 4 fully saturated rings. The Kier molecular flexibility index (Phi) is 4.17. The Labute approximate surface area is 169 Å². The summed E-state index contributed by atoms with van der Waals surface area (Å²) in [4.78, 5) is 27.7. The molecule has 0 N–H and O–H groups in total. The molecular weight excluding hydrogens is 394 g/mol. The molecule has 2 bridgehead atoms. The lowest BCUT2D eigenvalue weighted by Crippen LogP contribution is -2.49. The van der Waals surface area contributed by atoms with Gasteiger partial charge in [-0.05, 0) is 55.1 Å². The van der Waals surface area contributed by atoms with Crippen molar-refractivity contribution in [3.63, 3.8) is 0 Å². The number of fused-ring (bicyclic) bond motifs is 5. The first kappa shape index (κ1) is 18.8. The molecule has 4 aliphatic rings. The van der Waals surface area contributed by atoms with E-state index in [1.807, 2.05) is 9.80 Å². The van der Waals surface area contributed by atoms with Crippen molar-refractivity contribution < 1.29 is 18.1 Å². The number of nitrogens with zero attached hydrogens (tertiary/aromatic N) is 3. The van der Waals surface area contributed by atoms with Crippen LogP contribution < -0.4 is 4.90 Å². The SMILES string of the molecule is CS(=O)(=O)c1ccc(N2CCN(C(=O)C3[C@@H]4[C@H]5CC[C@@H](C5)[C@@H]34)CC2)c([N+](=O)[O-])c1. The highest BCUT2D eigenvalue weighted by Gasteiger charge is 2.68. The van der Waals surface area contributed by atoms with E-state index in [1.165, 1.54) is 31.4 Å². The zero-order valence-electron chi connectivity index (χ0n) is 16.4. The Morgan fingerprint density at radius 1 is 1.10 bits per heavy atom. The van der Waals surface area contributed by atoms with Gasteiger partial charge in [-0.2, -0.15) is 0 Å². The first-order valence-corrected chi connectivity index (χ1v) is 12.2. The molecule has 0 spiro atoms. The number of amides is 1. The molecule has 9 heteroatoms. The summed E-state index contributed by atoms with van der Waals surface area (Å²) in [6.45, 7) is 2.13. The molecule has 3 aliphatic carbocycles. The van der Waals surface area contributed by atoms with Crippen LogP contribution >= 0.6 is 0 Å². The summed E-state index contributed by atoms with van der Waals surface area (Å²) in [6, 6.07) is 4.05. The summed E-state index contributed by atoms with van der Waals surface area (Å²) in [5.74, 6) is 3.25. The summed E-state index contributed by atoms with van der Waals surface area (Å²) in [5.41, 5.74) is 0.205. The molecule has 0 radical (unpaired) electrons. The van der Waals surface area contributed by atoms with Crippen molar-refractivity contribution in [2.45, 2.75) is 24.2 Å². The van der Waals surface area contributed by atoms with Gasteiger partial charge in [-0.3, -0.25) is 14.9 Å². The highest BCUT2D eigenvalue weighted by molar-refractivity contribution is 7.90. The largest absolute Gasteiger partial charge is 0.362 e. The Hall–Kier alpha value is -2.16. The van der Waals surface area contributed by atoms with Crippen LogP contribution in [0.15, 0.2) is 23.1 Å². The molecule has 8 nitrogen and oxygen atoms in total. The van der Waals surface area contributed by atoms with Crippen molar-refractivity contribution in [1.29, 1.82) is 0 Å². The van der Waals surface area contributed by atoms with Gasteiger partial charge in [0.2, 0.25) is 5.91 Å². The summed E-state index contributed by atoms with van der Waals surface area (Å²) in [5, 5.41) is 11.5. The van der Waals surface area contributed by atoms with Crippen LogP contribution in [-0.4, -0.2) is 56.6 Å². The predicted octanol–water partition coefficient (Wildman–Crippen LogP) is 1.94. The van der Waals surface area contributed by atoms with Gasteiger partial charge in [0.25, 0.3) is 5.69 Å². The fourth-order valence-electron chi connectivity index (χ4n) is 6.18. The summed E-state index contributed by atoms with van der Waals surface area (Å²) in [7, 11) is -3.52. The third-order valence-corrected chi connectivity index (χ3v) is 8.63. The number of piperazine rings is 1. The number of sulfone groups is 1. The average molecular weight is 420 g/mol. The fraction of sp³-hybridized carbons (Fsp3) is 0.650. The van der Waals surface area contributed by atoms with Crippen LogP contribution in [0, 0.1) is 39.7 Å². The quantitative estimate of drug-likeness (QED) is 0.546. The molecule has 4 atom stereocenters. The molecule has 0 unspecified atom stereocenters. The number of hydrogen-bond acceptors (Lipinski definition) is 6. The van der Waals surface area contributed by atoms with E-state index >= 15 is 0 Å². The number of carbonyl (C=O) groups excluding carboxylic acids is 1. The molecule has 1 aromatic carbocycles. The van der Waals surface area contributed by atoms with Gasteiger partial charge >= 0.3 is 0 Å². The third-order valence-electron chi connectivity index (χ3n) is 7.52. The van der Waals surface area contributed by atoms with E-state index in [4.69, 9.17) is 0 Å². The lowest BCUT2D eigenvalue weighted by atomic mass is 10.0. The Balaban J connectivity index is 1.27. The van der Waals surface area contributed by atoms with Gasteiger partial charge in [0.05, 0.1) is 9.82 Å². The van der Waals surface area contributed by atoms with Crippen molar-refractivity contribution in [2.24, 2.45) is 29.6 Å². The van der Waals surface area contributed by atoms with Crippen molar-refractivity contribution in [1.82, 2.24) is 4.90 Å². The summed E-state index contributed by atoms with van der Waals surface area (Å²) < 4.78 is 23.5. The first-order chi connectivity index (χ1) is 13.8. The van der Waals surface area contributed by atoms with Gasteiger partial charge in [0.1, 0.15) is 5.69 Å². The van der Waals surface area contributed by atoms with Crippen LogP contribution in [0.5, 0.6) is 0 Å². The Morgan fingerprint density at radius 3 is 2.28 bits per heavy atom. The smallest absolute Gasteiger partial charge is 0.293 e. The zero-order chi connectivity index (χ0) is 20.5. The summed E-state index contributed by atoms with van der Waals surface area (Å²) in [6.07, 6.45) is 4.93. The molecule has 29 heavy (non-hydrogen) atoms. The number of nitro groups is 1. The number of anilines is 1. The van der Waals surface area contributed by atoms with E-state index in [9.17, 15) is 23.3 Å². The lowest BCUT2D eigenvalue weighted by Gasteiger charge is -2.36. The maximum atomic E-state index is 13.0. The predicted molar refractivity (Wildman–Crippen MR) is 106 cm³/mol. The van der Waals surface area contributed by atoms with Gasteiger partial charge in [0, 0.05) is 44.4 Å². The van der Waals surface area contributed by atoms with E-state index in [2.05, 4.69) is 0 Å². The minimum Gasteiger partial charge on any atom is -0.362 e. The Bertz CT molecular complexity index is 970. The molecular formula is C20H25N3O5S. The van der Waals surface area contributed by atoms with E-state index in [-0.39, 0.29) is 22.4 Å². The van der Waals surface area contributed by atoms with Gasteiger partial charge in [-0.1, -0.05) is 0 Å². The van der Waals surface area contributed by atoms with Crippen molar-refractivity contribution in [2.75, 3.05) is 37.3 Å². The Morgan fingerprint density at radius 2 is 1.72 bits per heavy atom. The maximum Gasteiger partial charge on any atom is 0.293 e. The minimum atomic E-state index is -3.52. The molecule has 1 saturated heterocycles. The van der Waals surface area contributed by atoms with Crippen LogP contribution in [0.3, 0.4) is 0 Å². The van der Waals surface area contributed by atoms with Gasteiger partial charge in [0.15, 0.2) is 9.84 Å². The van der Waals surface area contributed by atoms with Crippen molar-refractivity contribution in [3.05, 3.63) is 28.3 Å². The molecule has 1 amide bonds. The highest BCUT2D eigenvalue weighted by Crippen LogP contribution is 2.69. The van der Waals surface area contributed by atoms with Crippen molar-refractivity contribution in [3.8, 4) is 0 Å². The van der Waals surface area contributed by atoms with Crippen LogP contribution in [0.2, 0.25) is 0 Å². The van der Waals surface area contributed by atoms with Crippen LogP contribution in [0.25, 0.3) is 0 Å². The topological polar surface area (TPSA) is 101 Å². The average Bonchev–Trinajstić information content (AvgIpc) is 3.12. The highest BCUT2D eigenvalue weighted by atomic mass is 32.2. The molecule has 1 aromatic rings. The van der Waals surface area contributed by atoms with E-state index in [0.717, 1.165) is 24.2 Å². The van der Waals surface area contributed by atoms with E-state index in [1.54, 1.807) is 0 Å². The van der Waals surface area contributed by atoms with Gasteiger partial charge in [-0.25, -0.2) is 8.42 Å². The van der Waals surface area contributed by atoms with Crippen LogP contribution in [0.1, 0.15) is 19.3 Å². The second kappa shape index (κ2) is 6.42. The van der Waals surface area contributed by atoms with Gasteiger partial charge in [-0.15, -0.1) is 0 Å². The second-order valence-electron chi connectivity index (χ2n) is 9.01. The maximum absolute atomic E-state index is 13.0. The standard InChI is InChI=1S/C20H25N3O5S/c1-29(27,28)14-4-5-15(16(11-14)23(25)26)21-6-8-22(9-7-21)20(24)19-17-12-2-3-13(10-12)18(17)19/h4-5,11-13,17-19H,2-3,6-10H2,1H3/t12-,13-,17+,18+/m0/s1. The molecule has 5 rings (SSSR count). The third kappa shape index (κ3) is 3.01. The summed E-state index contributed by atoms with van der Waals surface area (Å²) >= 11 is 0. The molecule has 3 saturated carbocycles. The van der Waals surface area contributed by atoms with Crippen LogP contribution in [-0.2, 0) is 14.6 Å². The normalized spacial score (nSPS) is 32.9. The number of carbonyl (C=O) groups is 1. The lowest BCUT2D eigenvalue weighted by molar-refractivity contribution is -0.384. The second-order valence-corrected chi connectivity index (χ2v) is 11.0.